The molecule has 33 heavy (non-hydrogen) atoms. The molecule has 7 nitrogen and oxygen atoms in total. The van der Waals surface area contributed by atoms with Crippen LogP contribution >= 0.6 is 23.4 Å². The number of rotatable bonds is 5. The first kappa shape index (κ1) is 22.3. The average molecular weight is 488 g/mol. The molecule has 10 heteroatoms. The van der Waals surface area contributed by atoms with Crippen molar-refractivity contribution in [1.82, 2.24) is 15.1 Å². The fourth-order valence-corrected chi connectivity index (χ4v) is 5.25. The predicted molar refractivity (Wildman–Crippen MR) is 125 cm³/mol. The van der Waals surface area contributed by atoms with Crippen molar-refractivity contribution < 1.29 is 13.6 Å². The number of carbonyl (C=O) groups excluding carboxylic acids is 1. The van der Waals surface area contributed by atoms with E-state index in [1.54, 1.807) is 23.1 Å². The third-order valence-corrected chi connectivity index (χ3v) is 7.21. The van der Waals surface area contributed by atoms with E-state index >= 15 is 4.39 Å². The highest BCUT2D eigenvalue weighted by Gasteiger charge is 2.31. The zero-order chi connectivity index (χ0) is 23.1. The smallest absolute Gasteiger partial charge is 0.250 e. The molecule has 1 atom stereocenters. The minimum absolute atomic E-state index is 0.0938. The number of nitrogens with zero attached hydrogens (tertiary/aromatic N) is 4. The van der Waals surface area contributed by atoms with Crippen LogP contribution in [0.5, 0.6) is 0 Å². The third-order valence-electron chi connectivity index (χ3n) is 5.79. The maximum Gasteiger partial charge on any atom is 0.250 e. The molecule has 1 fully saturated rings. The van der Waals surface area contributed by atoms with E-state index in [0.29, 0.717) is 39.7 Å². The molecule has 172 valence electrons. The summed E-state index contributed by atoms with van der Waals surface area (Å²) < 4.78 is 20.9. The van der Waals surface area contributed by atoms with Crippen LogP contribution in [-0.2, 0) is 17.9 Å². The van der Waals surface area contributed by atoms with E-state index in [4.69, 9.17) is 21.8 Å². The number of carbonyl (C=O) groups is 1. The topological polar surface area (TPSA) is 88.5 Å². The quantitative estimate of drug-likeness (QED) is 0.583. The number of thioether (sulfide) groups is 1. The second-order valence-corrected chi connectivity index (χ2v) is 10.1. The van der Waals surface area contributed by atoms with Crippen LogP contribution in [0.3, 0.4) is 0 Å². The van der Waals surface area contributed by atoms with E-state index in [1.165, 1.54) is 17.8 Å². The Labute approximate surface area is 200 Å². The lowest BCUT2D eigenvalue weighted by atomic mass is 10.0. The number of hydrogen-bond donors (Lipinski definition) is 1. The van der Waals surface area contributed by atoms with Crippen LogP contribution in [0.4, 0.5) is 10.1 Å². The molecule has 2 N–H and O–H groups in total. The van der Waals surface area contributed by atoms with E-state index in [-0.39, 0.29) is 23.9 Å². The van der Waals surface area contributed by atoms with Gasteiger partial charge in [0.1, 0.15) is 5.82 Å². The van der Waals surface area contributed by atoms with Crippen molar-refractivity contribution in [2.24, 2.45) is 11.7 Å². The van der Waals surface area contributed by atoms with Crippen molar-refractivity contribution in [1.29, 1.82) is 0 Å². The molecule has 2 aliphatic heterocycles. The summed E-state index contributed by atoms with van der Waals surface area (Å²) in [6.07, 6.45) is 0. The number of amides is 1. The van der Waals surface area contributed by atoms with Crippen LogP contribution in [0.25, 0.3) is 11.5 Å². The molecule has 5 rings (SSSR count). The van der Waals surface area contributed by atoms with Gasteiger partial charge < -0.3 is 15.1 Å². The highest BCUT2D eigenvalue weighted by Crippen LogP contribution is 2.39. The maximum atomic E-state index is 15.1. The highest BCUT2D eigenvalue weighted by molar-refractivity contribution is 7.99. The summed E-state index contributed by atoms with van der Waals surface area (Å²) in [4.78, 5) is 17.5. The maximum absolute atomic E-state index is 15.1. The summed E-state index contributed by atoms with van der Waals surface area (Å²) in [5, 5.41) is 8.77. The Bertz CT molecular complexity index is 1180. The number of nitrogens with two attached hydrogens (primary N) is 1. The van der Waals surface area contributed by atoms with Crippen molar-refractivity contribution in [3.63, 3.8) is 0 Å². The number of hydrogen-bond acceptors (Lipinski definition) is 7. The van der Waals surface area contributed by atoms with Gasteiger partial charge in [-0.25, -0.2) is 4.39 Å². The van der Waals surface area contributed by atoms with Crippen LogP contribution in [0.2, 0.25) is 5.02 Å². The molecule has 0 spiro atoms. The van der Waals surface area contributed by atoms with Gasteiger partial charge in [0.05, 0.1) is 30.4 Å². The SMILES string of the molecule is CC1CN(Cc2nnc(-c3cc4c(cc3F)SC[C@H](N)C(=O)N4Cc3ccc(Cl)cc3)o2)C1. The third kappa shape index (κ3) is 4.63. The Morgan fingerprint density at radius 3 is 2.70 bits per heavy atom. The minimum Gasteiger partial charge on any atom is -0.419 e. The molecular formula is C23H23ClFN5O2S. The van der Waals surface area contributed by atoms with E-state index in [9.17, 15) is 4.79 Å². The first-order valence-electron chi connectivity index (χ1n) is 10.7. The van der Waals surface area contributed by atoms with Gasteiger partial charge >= 0.3 is 0 Å². The predicted octanol–water partition coefficient (Wildman–Crippen LogP) is 3.95. The second kappa shape index (κ2) is 9.06. The van der Waals surface area contributed by atoms with Crippen LogP contribution < -0.4 is 10.6 Å². The van der Waals surface area contributed by atoms with Gasteiger partial charge in [-0.2, -0.15) is 0 Å². The first-order valence-corrected chi connectivity index (χ1v) is 12.1. The summed E-state index contributed by atoms with van der Waals surface area (Å²) in [6.45, 7) is 4.95. The molecule has 1 amide bonds. The normalized spacial score (nSPS) is 19.3. The minimum atomic E-state index is -0.699. The number of anilines is 1. The zero-order valence-electron chi connectivity index (χ0n) is 18.0. The second-order valence-electron chi connectivity index (χ2n) is 8.57. The lowest BCUT2D eigenvalue weighted by Gasteiger charge is -2.35. The lowest BCUT2D eigenvalue weighted by Crippen LogP contribution is -2.44. The fraction of sp³-hybridized carbons (Fsp3) is 0.348. The summed E-state index contributed by atoms with van der Waals surface area (Å²) in [5.41, 5.74) is 7.73. The highest BCUT2D eigenvalue weighted by atomic mass is 35.5. The van der Waals surface area contributed by atoms with Gasteiger partial charge in [0.25, 0.3) is 5.89 Å². The summed E-state index contributed by atoms with van der Waals surface area (Å²) >= 11 is 7.36. The largest absolute Gasteiger partial charge is 0.419 e. The summed E-state index contributed by atoms with van der Waals surface area (Å²) in [5.74, 6) is 0.839. The van der Waals surface area contributed by atoms with E-state index in [0.717, 1.165) is 18.7 Å². The van der Waals surface area contributed by atoms with Gasteiger partial charge in [-0.1, -0.05) is 30.7 Å². The first-order chi connectivity index (χ1) is 15.9. The average Bonchev–Trinajstić information content (AvgIpc) is 3.20. The van der Waals surface area contributed by atoms with E-state index < -0.39 is 11.9 Å². The van der Waals surface area contributed by atoms with Crippen LogP contribution in [0.15, 0.2) is 45.7 Å². The Morgan fingerprint density at radius 1 is 1.21 bits per heavy atom. The van der Waals surface area contributed by atoms with E-state index in [2.05, 4.69) is 22.0 Å². The molecule has 1 aromatic heterocycles. The number of benzene rings is 2. The molecule has 2 aliphatic rings. The van der Waals surface area contributed by atoms with Crippen LogP contribution in [0, 0.1) is 11.7 Å². The molecule has 3 aromatic rings. The molecule has 3 heterocycles. The van der Waals surface area contributed by atoms with Gasteiger partial charge in [0.15, 0.2) is 0 Å². The summed E-state index contributed by atoms with van der Waals surface area (Å²) in [6, 6.07) is 9.56. The van der Waals surface area contributed by atoms with Crippen molar-refractivity contribution >= 4 is 35.0 Å². The molecule has 2 aromatic carbocycles. The van der Waals surface area contributed by atoms with Crippen LogP contribution in [0.1, 0.15) is 18.4 Å². The van der Waals surface area contributed by atoms with E-state index in [1.807, 2.05) is 12.1 Å². The Balaban J connectivity index is 1.48. The van der Waals surface area contributed by atoms with Gasteiger partial charge in [0, 0.05) is 28.8 Å². The van der Waals surface area contributed by atoms with Crippen molar-refractivity contribution in [2.45, 2.75) is 31.0 Å². The number of aromatic nitrogens is 2. The van der Waals surface area contributed by atoms with Crippen molar-refractivity contribution in [2.75, 3.05) is 23.7 Å². The van der Waals surface area contributed by atoms with Crippen LogP contribution in [-0.4, -0.2) is 45.9 Å². The standard InChI is InChI=1S/C23H23ClFN5O2S/c1-13-8-29(9-13)11-21-27-28-22(32-21)16-6-19-20(7-17(16)25)33-12-18(26)23(31)30(19)10-14-2-4-15(24)5-3-14/h2-7,13,18H,8-12,26H2,1H3/t18-/m0/s1. The molecule has 1 saturated heterocycles. The molecule has 0 saturated carbocycles. The number of halogens is 2. The number of likely N-dealkylation sites (tertiary alicyclic amines) is 1. The van der Waals surface area contributed by atoms with Crippen molar-refractivity contribution in [3.05, 3.63) is 58.7 Å². The van der Waals surface area contributed by atoms with Gasteiger partial charge in [0.2, 0.25) is 11.8 Å². The van der Waals surface area contributed by atoms with Gasteiger partial charge in [-0.3, -0.25) is 9.69 Å². The monoisotopic (exact) mass is 487 g/mol. The molecule has 0 aliphatic carbocycles. The fourth-order valence-electron chi connectivity index (χ4n) is 4.11. The van der Waals surface area contributed by atoms with Crippen molar-refractivity contribution in [3.8, 4) is 11.5 Å². The number of fused-ring (bicyclic) bond motifs is 1. The molecule has 0 unspecified atom stereocenters. The molecular weight excluding hydrogens is 465 g/mol. The Morgan fingerprint density at radius 2 is 1.97 bits per heavy atom. The lowest BCUT2D eigenvalue weighted by molar-refractivity contribution is -0.119. The van der Waals surface area contributed by atoms with Gasteiger partial charge in [-0.05, 0) is 35.7 Å². The Hall–Kier alpha value is -2.46. The summed E-state index contributed by atoms with van der Waals surface area (Å²) in [7, 11) is 0. The molecule has 0 radical (unpaired) electrons. The van der Waals surface area contributed by atoms with Gasteiger partial charge in [-0.15, -0.1) is 22.0 Å². The zero-order valence-corrected chi connectivity index (χ0v) is 19.6. The Kier molecular flexibility index (Phi) is 6.13. The molecule has 0 bridgehead atoms.